The summed E-state index contributed by atoms with van der Waals surface area (Å²) in [5.74, 6) is -0.893. The first-order valence-electron chi connectivity index (χ1n) is 18.0. The fourth-order valence-corrected chi connectivity index (χ4v) is 8.56. The Kier molecular flexibility index (Phi) is 11.7. The number of carbonyl (C=O) groups excluding carboxylic acids is 3. The molecule has 15 nitrogen and oxygen atoms in total. The fraction of sp³-hybridized carbons (Fsp3) is 0.421. The number of imide groups is 1. The summed E-state index contributed by atoms with van der Waals surface area (Å²) in [7, 11) is -2.33. The summed E-state index contributed by atoms with van der Waals surface area (Å²) < 4.78 is 31.1. The van der Waals surface area contributed by atoms with Crippen LogP contribution in [-0.4, -0.2) is 109 Å². The molecule has 2 aromatic heterocycles. The molecule has 1 unspecified atom stereocenters. The van der Waals surface area contributed by atoms with Crippen LogP contribution in [0.1, 0.15) is 50.1 Å². The average Bonchev–Trinajstić information content (AvgIpc) is 3.59. The van der Waals surface area contributed by atoms with Crippen molar-refractivity contribution in [3.8, 4) is 0 Å². The highest BCUT2D eigenvalue weighted by molar-refractivity contribution is 7.89. The van der Waals surface area contributed by atoms with E-state index < -0.39 is 52.0 Å². The van der Waals surface area contributed by atoms with Gasteiger partial charge in [0.25, 0.3) is 5.91 Å². The zero-order valence-corrected chi connectivity index (χ0v) is 31.3. The number of sulfonamides is 1. The molecule has 1 saturated carbocycles. The Morgan fingerprint density at radius 2 is 1.80 bits per heavy atom. The SMILES string of the molecule is CC(C)C(C(=O)N[C@@H](Cc1ccccc1)[C@H](O)CN(CC1CCC1)S(=O)(=O)c1ccc(/C=N/O)cc1)N1CC(=O)N(Cc2nc3cccnc3n2C)C1=O. The van der Waals surface area contributed by atoms with Crippen molar-refractivity contribution in [3.63, 3.8) is 0 Å². The molecule has 2 fully saturated rings. The van der Waals surface area contributed by atoms with Crippen LogP contribution in [0.4, 0.5) is 4.79 Å². The number of rotatable bonds is 16. The molecular formula is C38H46N8O7S. The first-order valence-corrected chi connectivity index (χ1v) is 19.5. The summed E-state index contributed by atoms with van der Waals surface area (Å²) in [6, 6.07) is 16.0. The number of fused-ring (bicyclic) bond motifs is 1. The number of carbonyl (C=O) groups is 3. The van der Waals surface area contributed by atoms with Crippen molar-refractivity contribution in [2.24, 2.45) is 24.0 Å². The van der Waals surface area contributed by atoms with Crippen LogP contribution in [0.25, 0.3) is 11.2 Å². The van der Waals surface area contributed by atoms with Gasteiger partial charge in [0.2, 0.25) is 15.9 Å². The van der Waals surface area contributed by atoms with E-state index in [0.717, 1.165) is 29.7 Å². The monoisotopic (exact) mass is 758 g/mol. The van der Waals surface area contributed by atoms with Crippen LogP contribution in [0, 0.1) is 11.8 Å². The lowest BCUT2D eigenvalue weighted by Gasteiger charge is -2.36. The Balaban J connectivity index is 1.23. The van der Waals surface area contributed by atoms with Crippen LogP contribution >= 0.6 is 0 Å². The molecule has 0 spiro atoms. The molecule has 4 amide bonds. The van der Waals surface area contributed by atoms with Gasteiger partial charge in [-0.05, 0) is 66.5 Å². The fourth-order valence-electron chi connectivity index (χ4n) is 7.02. The number of amides is 4. The van der Waals surface area contributed by atoms with E-state index in [1.807, 2.05) is 30.3 Å². The maximum atomic E-state index is 14.3. The molecule has 1 saturated heterocycles. The van der Waals surface area contributed by atoms with Gasteiger partial charge in [-0.15, -0.1) is 0 Å². The van der Waals surface area contributed by atoms with Crippen molar-refractivity contribution >= 4 is 45.2 Å². The smallest absolute Gasteiger partial charge is 0.328 e. The number of aromatic nitrogens is 3. The van der Waals surface area contributed by atoms with Gasteiger partial charge in [0.15, 0.2) is 5.65 Å². The zero-order chi connectivity index (χ0) is 38.6. The number of hydrogen-bond donors (Lipinski definition) is 3. The molecule has 3 N–H and O–H groups in total. The number of nitrogens with one attached hydrogen (secondary N) is 1. The van der Waals surface area contributed by atoms with Crippen molar-refractivity contribution in [2.75, 3.05) is 19.6 Å². The Labute approximate surface area is 314 Å². The number of benzene rings is 2. The van der Waals surface area contributed by atoms with Gasteiger partial charge in [0.05, 0.1) is 29.8 Å². The van der Waals surface area contributed by atoms with Gasteiger partial charge in [-0.3, -0.25) is 14.5 Å². The highest BCUT2D eigenvalue weighted by Crippen LogP contribution is 2.30. The third kappa shape index (κ3) is 8.30. The van der Waals surface area contributed by atoms with Crippen molar-refractivity contribution < 1.29 is 33.1 Å². The van der Waals surface area contributed by atoms with Crippen LogP contribution in [0.3, 0.4) is 0 Å². The molecular weight excluding hydrogens is 713 g/mol. The molecule has 2 aromatic carbocycles. The second-order valence-corrected chi connectivity index (χ2v) is 16.3. The Morgan fingerprint density at radius 1 is 1.07 bits per heavy atom. The van der Waals surface area contributed by atoms with Gasteiger partial charge in [-0.2, -0.15) is 4.31 Å². The molecule has 16 heteroatoms. The number of aryl methyl sites for hydroxylation is 1. The third-order valence-corrected chi connectivity index (χ3v) is 12.1. The van der Waals surface area contributed by atoms with Crippen LogP contribution in [0.2, 0.25) is 0 Å². The maximum Gasteiger partial charge on any atom is 0.328 e. The summed E-state index contributed by atoms with van der Waals surface area (Å²) in [6.07, 6.45) is 4.36. The summed E-state index contributed by atoms with van der Waals surface area (Å²) >= 11 is 0. The van der Waals surface area contributed by atoms with Gasteiger partial charge in [-0.1, -0.05) is 67.9 Å². The highest BCUT2D eigenvalue weighted by atomic mass is 32.2. The summed E-state index contributed by atoms with van der Waals surface area (Å²) in [5.41, 5.74) is 2.54. The van der Waals surface area contributed by atoms with E-state index in [1.165, 1.54) is 39.7 Å². The van der Waals surface area contributed by atoms with Gasteiger partial charge >= 0.3 is 6.03 Å². The van der Waals surface area contributed by atoms with Crippen LogP contribution in [0.5, 0.6) is 0 Å². The lowest BCUT2D eigenvalue weighted by molar-refractivity contribution is -0.129. The predicted molar refractivity (Wildman–Crippen MR) is 200 cm³/mol. The minimum absolute atomic E-state index is 0.0179. The summed E-state index contributed by atoms with van der Waals surface area (Å²) in [6.45, 7) is 3.02. The van der Waals surface area contributed by atoms with Crippen LogP contribution in [-0.2, 0) is 39.6 Å². The molecule has 3 atom stereocenters. The summed E-state index contributed by atoms with van der Waals surface area (Å²) in [5, 5.41) is 26.7. The van der Waals surface area contributed by atoms with Crippen molar-refractivity contribution in [3.05, 3.63) is 89.9 Å². The van der Waals surface area contributed by atoms with E-state index in [-0.39, 0.29) is 43.4 Å². The van der Waals surface area contributed by atoms with Crippen LogP contribution < -0.4 is 5.32 Å². The molecule has 1 aliphatic carbocycles. The van der Waals surface area contributed by atoms with Crippen molar-refractivity contribution in [1.29, 1.82) is 0 Å². The number of hydrogen-bond acceptors (Lipinski definition) is 10. The molecule has 1 aliphatic heterocycles. The molecule has 286 valence electrons. The minimum Gasteiger partial charge on any atom is -0.411 e. The molecule has 4 aromatic rings. The Hall–Kier alpha value is -5.19. The number of oxime groups is 1. The first-order chi connectivity index (χ1) is 25.9. The third-order valence-electron chi connectivity index (χ3n) is 10.2. The molecule has 6 rings (SSSR count). The highest BCUT2D eigenvalue weighted by Gasteiger charge is 2.45. The van der Waals surface area contributed by atoms with E-state index in [1.54, 1.807) is 43.8 Å². The van der Waals surface area contributed by atoms with Gasteiger partial charge < -0.3 is 25.1 Å². The lowest BCUT2D eigenvalue weighted by atomic mass is 9.85. The zero-order valence-electron chi connectivity index (χ0n) is 30.5. The van der Waals surface area contributed by atoms with Gasteiger partial charge in [0, 0.05) is 26.3 Å². The Bertz CT molecular complexity index is 2100. The summed E-state index contributed by atoms with van der Waals surface area (Å²) in [4.78, 5) is 52.6. The van der Waals surface area contributed by atoms with E-state index in [2.05, 4.69) is 20.4 Å². The normalized spacial score (nSPS) is 17.1. The molecule has 3 heterocycles. The van der Waals surface area contributed by atoms with E-state index in [4.69, 9.17) is 5.21 Å². The quantitative estimate of drug-likeness (QED) is 0.0667. The van der Waals surface area contributed by atoms with Crippen molar-refractivity contribution in [1.82, 2.24) is 34.0 Å². The minimum atomic E-state index is -4.09. The van der Waals surface area contributed by atoms with Crippen molar-refractivity contribution in [2.45, 2.75) is 69.2 Å². The number of urea groups is 1. The largest absolute Gasteiger partial charge is 0.411 e. The number of nitrogens with zero attached hydrogens (tertiary/aromatic N) is 7. The molecule has 2 aliphatic rings. The second-order valence-electron chi connectivity index (χ2n) is 14.3. The molecule has 0 radical (unpaired) electrons. The Morgan fingerprint density at radius 3 is 2.43 bits per heavy atom. The first kappa shape index (κ1) is 38.5. The standard InChI is InChI=1S/C38H46N8O7S/c1-25(2)35(46-24-34(48)45(38(46)50)23-33-41-30-13-8-18-39-36(30)43(33)3)37(49)42-31(19-26-9-5-4-6-10-26)32(47)22-44(21-28-11-7-12-28)54(52,53)29-16-14-27(15-17-29)20-40-51/h4-6,8-10,13-18,20,25,28,31-32,35,47,51H,7,11-12,19,21-24H2,1-3H3,(H,42,49)/b40-20+/t31-,32+,35?/m0/s1. The molecule has 0 bridgehead atoms. The average molecular weight is 759 g/mol. The number of aliphatic hydroxyl groups is 1. The van der Waals surface area contributed by atoms with Crippen LogP contribution in [0.15, 0.2) is 83.0 Å². The number of imidazole rings is 1. The number of pyridine rings is 1. The second kappa shape index (κ2) is 16.4. The topological polar surface area (TPSA) is 191 Å². The van der Waals surface area contributed by atoms with E-state index >= 15 is 0 Å². The lowest BCUT2D eigenvalue weighted by Crippen LogP contribution is -2.57. The molecule has 54 heavy (non-hydrogen) atoms. The predicted octanol–water partition coefficient (Wildman–Crippen LogP) is 3.14. The van der Waals surface area contributed by atoms with Gasteiger partial charge in [0.1, 0.15) is 23.9 Å². The van der Waals surface area contributed by atoms with Gasteiger partial charge in [-0.25, -0.2) is 23.2 Å². The maximum absolute atomic E-state index is 14.3. The van der Waals surface area contributed by atoms with E-state index in [0.29, 0.717) is 22.6 Å². The number of aliphatic hydroxyl groups excluding tert-OH is 1. The van der Waals surface area contributed by atoms with E-state index in [9.17, 15) is 27.9 Å².